The molecule has 0 amide bonds. The van der Waals surface area contributed by atoms with Gasteiger partial charge in [-0.1, -0.05) is 94.4 Å². The lowest BCUT2D eigenvalue weighted by Crippen LogP contribution is -3.07. The van der Waals surface area contributed by atoms with E-state index < -0.39 is 0 Å². The van der Waals surface area contributed by atoms with E-state index in [1.54, 1.807) is 0 Å². The summed E-state index contributed by atoms with van der Waals surface area (Å²) in [5.41, 5.74) is 15.7. The van der Waals surface area contributed by atoms with Gasteiger partial charge in [0.2, 0.25) is 0 Å². The first-order valence-corrected chi connectivity index (χ1v) is 18.2. The Kier molecular flexibility index (Phi) is 6.03. The normalized spacial score (nSPS) is 27.7. The van der Waals surface area contributed by atoms with E-state index in [9.17, 15) is 0 Å². The van der Waals surface area contributed by atoms with Crippen molar-refractivity contribution in [1.29, 1.82) is 0 Å². The number of aryl methyl sites for hydroxylation is 2. The molecular formula is C43H44BIN5+. The molecule has 0 radical (unpaired) electrons. The monoisotopic (exact) mass is 768 g/mol. The third-order valence-corrected chi connectivity index (χ3v) is 14.5. The number of benzene rings is 4. The number of hydrogen-bond donors (Lipinski definition) is 1. The maximum atomic E-state index is 2.81. The Hall–Kier alpha value is -3.82. The molecule has 250 valence electrons. The third kappa shape index (κ3) is 3.25. The van der Waals surface area contributed by atoms with E-state index >= 15 is 0 Å². The largest absolute Gasteiger partial charge is 1.00 e. The van der Waals surface area contributed by atoms with E-state index in [1.807, 2.05) is 0 Å². The molecule has 5 aromatic rings. The number of hydrogen-bond acceptors (Lipinski definition) is 2. The summed E-state index contributed by atoms with van der Waals surface area (Å²) < 4.78 is 5.32. The molecule has 11 rings (SSSR count). The molecule has 1 saturated carbocycles. The predicted octanol–water partition coefficient (Wildman–Crippen LogP) is 3.27. The molecule has 6 aliphatic rings. The number of halogens is 1. The summed E-state index contributed by atoms with van der Waals surface area (Å²) in [5.74, 6) is 1.82. The van der Waals surface area contributed by atoms with Crippen LogP contribution in [0.25, 0.3) is 11.4 Å². The highest BCUT2D eigenvalue weighted by atomic mass is 127. The standard InChI is InChI=1S/C43H43BN5.HI/c1-26-14-12-15-27(2)37(26)44-45(7)34-21-13-16-28-29-24-43(38(29)46-22-23-48(44)39(46)36(28)34)31-18-9-10-19-32(31)47-25-35-42(5,6)41(3,4)30-17-8-11-20-33(30)49(35)40(43)47;/h8-23,25,29,38,40H,24H2,1-7H3;1H/q+1;. The Bertz CT molecular complexity index is 2320. The average molecular weight is 769 g/mol. The average Bonchev–Trinajstić information content (AvgIpc) is 3.76. The Balaban J connectivity index is 0.00000316. The Morgan fingerprint density at radius 1 is 0.800 bits per heavy atom. The number of fused-ring (bicyclic) bond motifs is 13. The van der Waals surface area contributed by atoms with Gasteiger partial charge in [0.25, 0.3) is 5.82 Å². The van der Waals surface area contributed by atoms with Crippen LogP contribution in [0, 0.1) is 19.3 Å². The van der Waals surface area contributed by atoms with Crippen molar-refractivity contribution in [2.24, 2.45) is 5.41 Å². The second kappa shape index (κ2) is 9.74. The van der Waals surface area contributed by atoms with Crippen LogP contribution in [0.1, 0.15) is 73.9 Å². The van der Waals surface area contributed by atoms with Crippen molar-refractivity contribution in [2.75, 3.05) is 16.8 Å². The van der Waals surface area contributed by atoms with Gasteiger partial charge in [0, 0.05) is 33.5 Å². The molecule has 50 heavy (non-hydrogen) atoms. The summed E-state index contributed by atoms with van der Waals surface area (Å²) in [5, 5.41) is 0. The van der Waals surface area contributed by atoms with Crippen molar-refractivity contribution in [1.82, 2.24) is 4.57 Å². The van der Waals surface area contributed by atoms with Crippen molar-refractivity contribution < 1.29 is 33.4 Å². The smallest absolute Gasteiger partial charge is 0.537 e. The first kappa shape index (κ1) is 31.0. The Labute approximate surface area is 313 Å². The summed E-state index contributed by atoms with van der Waals surface area (Å²) in [6.45, 7) is 14.5. The highest BCUT2D eigenvalue weighted by molar-refractivity contribution is 6.70. The summed E-state index contributed by atoms with van der Waals surface area (Å²) >= 11 is 0. The minimum atomic E-state index is -0.0576. The number of rotatable bonds is 1. The number of quaternary nitrogens is 1. The van der Waals surface area contributed by atoms with Crippen LogP contribution < -0.4 is 48.5 Å². The molecule has 1 N–H and O–H groups in total. The van der Waals surface area contributed by atoms with Gasteiger partial charge in [-0.25, -0.2) is 4.57 Å². The minimum absolute atomic E-state index is 0. The zero-order chi connectivity index (χ0) is 33.4. The van der Waals surface area contributed by atoms with Gasteiger partial charge in [-0.05, 0) is 67.8 Å². The van der Waals surface area contributed by atoms with Crippen LogP contribution in [0.15, 0.2) is 109 Å². The Morgan fingerprint density at radius 3 is 2.26 bits per heavy atom. The molecule has 0 saturated heterocycles. The van der Waals surface area contributed by atoms with Gasteiger partial charge in [-0.2, -0.15) is 0 Å². The first-order chi connectivity index (χ1) is 23.6. The quantitative estimate of drug-likeness (QED) is 0.209. The number of para-hydroxylation sites is 2. The van der Waals surface area contributed by atoms with E-state index in [4.69, 9.17) is 0 Å². The molecule has 4 aromatic carbocycles. The van der Waals surface area contributed by atoms with Gasteiger partial charge in [0.1, 0.15) is 35.7 Å². The second-order valence-electron chi connectivity index (χ2n) is 16.8. The number of nitrogens with zero attached hydrogens (tertiary/aromatic N) is 4. The van der Waals surface area contributed by atoms with Crippen molar-refractivity contribution in [3.05, 3.63) is 137 Å². The lowest BCUT2D eigenvalue weighted by Gasteiger charge is -2.58. The van der Waals surface area contributed by atoms with Gasteiger partial charge in [0.15, 0.2) is 6.17 Å². The zero-order valence-corrected chi connectivity index (χ0v) is 32.2. The predicted molar refractivity (Wildman–Crippen MR) is 198 cm³/mol. The molecule has 7 heteroatoms. The molecule has 5 atom stereocenters. The fourth-order valence-corrected chi connectivity index (χ4v) is 11.7. The van der Waals surface area contributed by atoms with Gasteiger partial charge in [-0.15, -0.1) is 0 Å². The summed E-state index contributed by atoms with van der Waals surface area (Å²) in [6, 6.07) is 32.9. The van der Waals surface area contributed by atoms with E-state index in [1.165, 1.54) is 72.3 Å². The van der Waals surface area contributed by atoms with Crippen LogP contribution in [-0.2, 0) is 10.8 Å². The summed E-state index contributed by atoms with van der Waals surface area (Å²) in [6.07, 6.45) is 8.84. The molecule has 6 heterocycles. The maximum Gasteiger partial charge on any atom is 0.537 e. The fourth-order valence-electron chi connectivity index (χ4n) is 11.7. The zero-order valence-electron chi connectivity index (χ0n) is 30.0. The molecule has 1 spiro atoms. The third-order valence-electron chi connectivity index (χ3n) is 14.5. The fraction of sp³-hybridized carbons (Fsp3) is 0.326. The number of nitrogens with one attached hydrogen (secondary N) is 1. The van der Waals surface area contributed by atoms with Crippen LogP contribution in [0.5, 0.6) is 0 Å². The SMILES string of the molecule is Cc1cccc(C)c1B1N(C)c2cccc3c2-c2n(cc[n+]21)C1C3CC12c1ccccc1[NH+]1C=C3N(c4ccccc4C(C)(C)C3(C)C)C12.[I-]. The van der Waals surface area contributed by atoms with Crippen LogP contribution >= 0.6 is 0 Å². The first-order valence-electron chi connectivity index (χ1n) is 18.2. The number of allylic oxidation sites excluding steroid dienone is 1. The van der Waals surface area contributed by atoms with Crippen LogP contribution in [0.3, 0.4) is 0 Å². The van der Waals surface area contributed by atoms with Crippen LogP contribution in [-0.4, -0.2) is 24.8 Å². The highest BCUT2D eigenvalue weighted by Gasteiger charge is 2.76. The molecule has 1 aliphatic carbocycles. The van der Waals surface area contributed by atoms with E-state index in [2.05, 4.69) is 171 Å². The Morgan fingerprint density at radius 2 is 1.48 bits per heavy atom. The second-order valence-corrected chi connectivity index (χ2v) is 16.8. The van der Waals surface area contributed by atoms with Crippen molar-refractivity contribution in [3.63, 3.8) is 0 Å². The number of anilines is 2. The van der Waals surface area contributed by atoms with Crippen molar-refractivity contribution >= 4 is 29.5 Å². The van der Waals surface area contributed by atoms with E-state index in [0.717, 1.165) is 6.42 Å². The van der Waals surface area contributed by atoms with E-state index in [-0.39, 0.29) is 53.4 Å². The van der Waals surface area contributed by atoms with Crippen molar-refractivity contribution in [3.8, 4) is 11.4 Å². The van der Waals surface area contributed by atoms with Gasteiger partial charge in [0.05, 0.1) is 16.9 Å². The topological polar surface area (TPSA) is 19.7 Å². The molecule has 1 fully saturated rings. The minimum Gasteiger partial charge on any atom is -1.00 e. The van der Waals surface area contributed by atoms with Gasteiger partial charge < -0.3 is 28.8 Å². The molecule has 5 unspecified atom stereocenters. The van der Waals surface area contributed by atoms with Crippen LogP contribution in [0.4, 0.5) is 17.1 Å². The number of imidazole rings is 1. The highest BCUT2D eigenvalue weighted by Crippen LogP contribution is 2.70. The number of aromatic nitrogens is 2. The lowest BCUT2D eigenvalue weighted by molar-refractivity contribution is -0.797. The molecule has 0 bridgehead atoms. The van der Waals surface area contributed by atoms with Crippen LogP contribution in [0.2, 0.25) is 0 Å². The van der Waals surface area contributed by atoms with Crippen molar-refractivity contribution in [2.45, 2.75) is 76.9 Å². The summed E-state index contributed by atoms with van der Waals surface area (Å²) in [7, 11) is 2.30. The molecule has 5 nitrogen and oxygen atoms in total. The van der Waals surface area contributed by atoms with E-state index in [0.29, 0.717) is 12.0 Å². The van der Waals surface area contributed by atoms with Gasteiger partial charge in [-0.3, -0.25) is 14.3 Å². The molecular weight excluding hydrogens is 724 g/mol. The lowest BCUT2D eigenvalue weighted by atomic mass is 9.50. The molecule has 5 aliphatic heterocycles. The summed E-state index contributed by atoms with van der Waals surface area (Å²) in [4.78, 5) is 6.86. The maximum absolute atomic E-state index is 2.81. The van der Waals surface area contributed by atoms with Gasteiger partial charge >= 0.3 is 6.98 Å². The molecule has 1 aromatic heterocycles.